The van der Waals surface area contributed by atoms with E-state index in [4.69, 9.17) is 9.47 Å². The highest BCUT2D eigenvalue weighted by atomic mass is 16.5. The van der Waals surface area contributed by atoms with E-state index in [-0.39, 0.29) is 40.2 Å². The van der Waals surface area contributed by atoms with Crippen molar-refractivity contribution in [2.24, 2.45) is 56.7 Å². The predicted octanol–water partition coefficient (Wildman–Crippen LogP) is 7.29. The van der Waals surface area contributed by atoms with Gasteiger partial charge in [-0.25, -0.2) is 0 Å². The molecule has 0 saturated heterocycles. The van der Waals surface area contributed by atoms with Crippen LogP contribution in [-0.2, 0) is 19.1 Å². The van der Waals surface area contributed by atoms with Crippen molar-refractivity contribution in [1.29, 1.82) is 0 Å². The number of aliphatic carboxylic acids is 1. The fraction of sp³-hybridized carbons (Fsp3) is 0.879. The van der Waals surface area contributed by atoms with Gasteiger partial charge in [0, 0.05) is 20.0 Å². The average molecular weight is 529 g/mol. The second-order valence-corrected chi connectivity index (χ2v) is 15.4. The van der Waals surface area contributed by atoms with E-state index in [2.05, 4.69) is 47.6 Å². The molecular weight excluding hydrogens is 476 g/mol. The van der Waals surface area contributed by atoms with Gasteiger partial charge in [-0.05, 0) is 104 Å². The van der Waals surface area contributed by atoms with Gasteiger partial charge in [0.1, 0.15) is 11.5 Å². The highest BCUT2D eigenvalue weighted by Gasteiger charge is 2.72. The summed E-state index contributed by atoms with van der Waals surface area (Å²) < 4.78 is 12.1. The molecule has 0 amide bonds. The third kappa shape index (κ3) is 3.45. The van der Waals surface area contributed by atoms with Crippen LogP contribution in [0.3, 0.4) is 0 Å². The third-order valence-electron chi connectivity index (χ3n) is 14.0. The number of allylic oxidation sites excluding steroid dienone is 1. The normalized spacial score (nSPS) is 53.9. The predicted molar refractivity (Wildman–Crippen MR) is 148 cm³/mol. The van der Waals surface area contributed by atoms with E-state index in [0.717, 1.165) is 25.2 Å². The van der Waals surface area contributed by atoms with Crippen molar-refractivity contribution < 1.29 is 24.2 Å². The fourth-order valence-electron chi connectivity index (χ4n) is 11.5. The number of carboxylic acids is 1. The van der Waals surface area contributed by atoms with Crippen LogP contribution in [0, 0.1) is 56.7 Å². The first-order chi connectivity index (χ1) is 17.6. The number of esters is 1. The number of ether oxygens (including phenoxy) is 2. The lowest BCUT2D eigenvalue weighted by atomic mass is 9.33. The molecule has 4 fully saturated rings. The Kier molecular flexibility index (Phi) is 6.54. The summed E-state index contributed by atoms with van der Waals surface area (Å²) in [5.41, 5.74) is 0.744. The van der Waals surface area contributed by atoms with Crippen LogP contribution in [0.25, 0.3) is 0 Å². The van der Waals surface area contributed by atoms with E-state index >= 15 is 0 Å². The van der Waals surface area contributed by atoms with Crippen LogP contribution < -0.4 is 0 Å². The Morgan fingerprint density at radius 1 is 0.947 bits per heavy atom. The van der Waals surface area contributed by atoms with Crippen molar-refractivity contribution in [3.8, 4) is 0 Å². The minimum atomic E-state index is -1.11. The van der Waals surface area contributed by atoms with Crippen molar-refractivity contribution in [2.75, 3.05) is 7.11 Å². The molecule has 0 radical (unpaired) electrons. The van der Waals surface area contributed by atoms with E-state index in [0.29, 0.717) is 23.7 Å². The van der Waals surface area contributed by atoms with Crippen LogP contribution >= 0.6 is 0 Å². The van der Waals surface area contributed by atoms with Crippen molar-refractivity contribution >= 4 is 11.9 Å². The molecule has 5 heteroatoms. The first kappa shape index (κ1) is 28.2. The number of fused-ring (bicyclic) bond motifs is 7. The van der Waals surface area contributed by atoms with Gasteiger partial charge in [0.2, 0.25) is 0 Å². The smallest absolute Gasteiger partial charge is 0.313 e. The standard InChI is InChI=1S/C33H52O5/c1-19-10-13-29(4)16-17-31(6)22(26(29)20(19)2)18-23(37-9)27-30(5)14-12-25(38-21(3)34)33(8,28(35)36)24(30)11-15-32(27,31)7/h18-20,23-27H,10-17H2,1-9H3,(H,35,36)/t19-,20-,23-,24-,25+,26+,27+,29-,30+,31+,32-,33-/m1/s1. The molecule has 1 N–H and O–H groups in total. The molecule has 5 nitrogen and oxygen atoms in total. The molecule has 4 saturated carbocycles. The Hall–Kier alpha value is -1.36. The second kappa shape index (κ2) is 8.82. The fourth-order valence-corrected chi connectivity index (χ4v) is 11.5. The summed E-state index contributed by atoms with van der Waals surface area (Å²) in [6, 6.07) is 0. The number of carboxylic acid groups (broad SMARTS) is 1. The second-order valence-electron chi connectivity index (χ2n) is 15.4. The Morgan fingerprint density at radius 2 is 1.63 bits per heavy atom. The van der Waals surface area contributed by atoms with Crippen molar-refractivity contribution in [3.63, 3.8) is 0 Å². The molecular formula is C33H52O5. The summed E-state index contributed by atoms with van der Waals surface area (Å²) in [5.74, 6) is 0.860. The molecule has 0 spiro atoms. The Bertz CT molecular complexity index is 1030. The molecule has 0 unspecified atom stereocenters. The topological polar surface area (TPSA) is 72.8 Å². The van der Waals surface area contributed by atoms with E-state index in [1.54, 1.807) is 5.57 Å². The average Bonchev–Trinajstić information content (AvgIpc) is 2.84. The largest absolute Gasteiger partial charge is 0.481 e. The van der Waals surface area contributed by atoms with Crippen molar-refractivity contribution in [1.82, 2.24) is 0 Å². The van der Waals surface area contributed by atoms with Crippen molar-refractivity contribution in [2.45, 2.75) is 119 Å². The lowest BCUT2D eigenvalue weighted by molar-refractivity contribution is -0.239. The third-order valence-corrected chi connectivity index (χ3v) is 14.0. The van der Waals surface area contributed by atoms with Gasteiger partial charge in [0.15, 0.2) is 0 Å². The minimum Gasteiger partial charge on any atom is -0.481 e. The highest BCUT2D eigenvalue weighted by molar-refractivity contribution is 5.77. The molecule has 214 valence electrons. The van der Waals surface area contributed by atoms with Gasteiger partial charge < -0.3 is 14.6 Å². The zero-order valence-electron chi connectivity index (χ0n) is 25.4. The van der Waals surface area contributed by atoms with Gasteiger partial charge in [0.25, 0.3) is 0 Å². The van der Waals surface area contributed by atoms with Gasteiger partial charge in [-0.3, -0.25) is 9.59 Å². The van der Waals surface area contributed by atoms with Gasteiger partial charge in [-0.15, -0.1) is 0 Å². The molecule has 0 aromatic rings. The summed E-state index contributed by atoms with van der Waals surface area (Å²) >= 11 is 0. The summed E-state index contributed by atoms with van der Waals surface area (Å²) in [5, 5.41) is 10.6. The minimum absolute atomic E-state index is 0.0123. The quantitative estimate of drug-likeness (QED) is 0.308. The first-order valence-electron chi connectivity index (χ1n) is 15.3. The lowest BCUT2D eigenvalue weighted by Gasteiger charge is -2.72. The van der Waals surface area contributed by atoms with Gasteiger partial charge in [0.05, 0.1) is 6.10 Å². The monoisotopic (exact) mass is 528 g/mol. The van der Waals surface area contributed by atoms with E-state index in [1.807, 2.05) is 14.0 Å². The molecule has 0 heterocycles. The van der Waals surface area contributed by atoms with E-state index in [1.165, 1.54) is 32.6 Å². The Balaban J connectivity index is 1.64. The zero-order chi connectivity index (χ0) is 28.1. The molecule has 0 bridgehead atoms. The molecule has 5 aliphatic rings. The molecule has 5 rings (SSSR count). The van der Waals surface area contributed by atoms with Crippen molar-refractivity contribution in [3.05, 3.63) is 11.6 Å². The lowest BCUT2D eigenvalue weighted by Crippen LogP contribution is -2.69. The number of hydrogen-bond acceptors (Lipinski definition) is 4. The molecule has 0 aromatic carbocycles. The number of carbonyl (C=O) groups is 2. The van der Waals surface area contributed by atoms with Crippen LogP contribution in [-0.4, -0.2) is 36.4 Å². The van der Waals surface area contributed by atoms with Crippen LogP contribution in [0.5, 0.6) is 0 Å². The number of carbonyl (C=O) groups excluding carboxylic acids is 1. The van der Waals surface area contributed by atoms with Gasteiger partial charge in [-0.1, -0.05) is 53.2 Å². The zero-order valence-corrected chi connectivity index (χ0v) is 25.4. The summed E-state index contributed by atoms with van der Waals surface area (Å²) in [6.07, 6.45) is 10.3. The van der Waals surface area contributed by atoms with E-state index < -0.39 is 17.5 Å². The van der Waals surface area contributed by atoms with Gasteiger partial charge in [-0.2, -0.15) is 0 Å². The maximum atomic E-state index is 13.0. The molecule has 0 aromatic heterocycles. The maximum absolute atomic E-state index is 13.0. The van der Waals surface area contributed by atoms with E-state index in [9.17, 15) is 14.7 Å². The molecule has 5 aliphatic carbocycles. The number of hydrogen-bond donors (Lipinski definition) is 1. The number of rotatable bonds is 3. The Morgan fingerprint density at radius 3 is 2.24 bits per heavy atom. The van der Waals surface area contributed by atoms with Crippen LogP contribution in [0.15, 0.2) is 11.6 Å². The summed E-state index contributed by atoms with van der Waals surface area (Å²) in [7, 11) is 1.85. The molecule has 0 aliphatic heterocycles. The van der Waals surface area contributed by atoms with Crippen LogP contribution in [0.1, 0.15) is 107 Å². The first-order valence-corrected chi connectivity index (χ1v) is 15.3. The number of methoxy groups -OCH3 is 1. The maximum Gasteiger partial charge on any atom is 0.313 e. The Labute approximate surface area is 230 Å². The molecule has 12 atom stereocenters. The van der Waals surface area contributed by atoms with Crippen LogP contribution in [0.2, 0.25) is 0 Å². The molecule has 38 heavy (non-hydrogen) atoms. The summed E-state index contributed by atoms with van der Waals surface area (Å²) in [6.45, 7) is 18.1. The summed E-state index contributed by atoms with van der Waals surface area (Å²) in [4.78, 5) is 25.0. The highest BCUT2D eigenvalue weighted by Crippen LogP contribution is 2.76. The van der Waals surface area contributed by atoms with Crippen LogP contribution in [0.4, 0.5) is 0 Å². The SMILES string of the molecule is CO[C@@H]1C=C2[C@@H]3[C@H](C)[C@H](C)CC[C@]3(C)CC[C@]2(C)[C@]2(C)CC[C@@H]3[C@](C)(CC[C@H](OC(C)=O)[C@]3(C)C(=O)O)[C@H]12. The van der Waals surface area contributed by atoms with Gasteiger partial charge >= 0.3 is 11.9 Å².